The average molecular weight is 440 g/mol. The van der Waals surface area contributed by atoms with E-state index < -0.39 is 50.1 Å². The maximum Gasteiger partial charge on any atom is 0.317 e. The van der Waals surface area contributed by atoms with Crippen molar-refractivity contribution in [2.45, 2.75) is 32.7 Å². The van der Waals surface area contributed by atoms with Crippen molar-refractivity contribution in [3.8, 4) is 5.75 Å². The first-order valence-electron chi connectivity index (χ1n) is 9.56. The van der Waals surface area contributed by atoms with E-state index in [-0.39, 0.29) is 31.2 Å². The van der Waals surface area contributed by atoms with Gasteiger partial charge in [-0.2, -0.15) is 0 Å². The number of phenolic OH excluding ortho intramolecular Hbond substituents is 1. The van der Waals surface area contributed by atoms with Crippen LogP contribution >= 0.6 is 0 Å². The summed E-state index contributed by atoms with van der Waals surface area (Å²) >= 11 is 0. The SMILES string of the molecule is CC(C)c1ccc(CCN(CC(=O)O)CC(=O)O)c(CN(CC(=O)O)CC(=O)O)c1O. The van der Waals surface area contributed by atoms with E-state index in [4.69, 9.17) is 20.4 Å². The molecule has 1 rings (SSSR count). The van der Waals surface area contributed by atoms with Crippen molar-refractivity contribution in [1.82, 2.24) is 9.80 Å². The quantitative estimate of drug-likeness (QED) is 0.272. The number of benzene rings is 1. The van der Waals surface area contributed by atoms with E-state index in [1.165, 1.54) is 4.90 Å². The number of aromatic hydroxyl groups is 1. The molecule has 0 spiro atoms. The molecule has 0 amide bonds. The molecule has 5 N–H and O–H groups in total. The number of phenols is 1. The van der Waals surface area contributed by atoms with Gasteiger partial charge >= 0.3 is 23.9 Å². The van der Waals surface area contributed by atoms with Gasteiger partial charge in [0, 0.05) is 18.7 Å². The molecule has 0 heterocycles. The number of hydrogen-bond donors (Lipinski definition) is 5. The Bertz CT molecular complexity index is 791. The molecule has 1 aromatic rings. The third-order valence-electron chi connectivity index (χ3n) is 4.55. The summed E-state index contributed by atoms with van der Waals surface area (Å²) in [5.41, 5.74) is 1.47. The molecule has 1 aromatic carbocycles. The van der Waals surface area contributed by atoms with Crippen LogP contribution in [-0.2, 0) is 32.1 Å². The van der Waals surface area contributed by atoms with Crippen LogP contribution in [-0.4, -0.2) is 91.9 Å². The van der Waals surface area contributed by atoms with Crippen LogP contribution in [0.3, 0.4) is 0 Å². The summed E-state index contributed by atoms with van der Waals surface area (Å²) in [7, 11) is 0. The van der Waals surface area contributed by atoms with Crippen LogP contribution in [0.15, 0.2) is 12.1 Å². The van der Waals surface area contributed by atoms with Crippen LogP contribution in [0.25, 0.3) is 0 Å². The van der Waals surface area contributed by atoms with Crippen LogP contribution < -0.4 is 0 Å². The fraction of sp³-hybridized carbons (Fsp3) is 0.500. The minimum Gasteiger partial charge on any atom is -0.507 e. The van der Waals surface area contributed by atoms with Crippen molar-refractivity contribution in [3.63, 3.8) is 0 Å². The summed E-state index contributed by atoms with van der Waals surface area (Å²) in [6.45, 7) is 1.53. The first-order valence-corrected chi connectivity index (χ1v) is 9.56. The molecule has 0 bridgehead atoms. The minimum atomic E-state index is -1.23. The lowest BCUT2D eigenvalue weighted by molar-refractivity contribution is -0.143. The molecule has 0 aliphatic carbocycles. The lowest BCUT2D eigenvalue weighted by atomic mass is 9.93. The maximum absolute atomic E-state index is 11.1. The Balaban J connectivity index is 3.25. The summed E-state index contributed by atoms with van der Waals surface area (Å²) in [6, 6.07) is 3.39. The van der Waals surface area contributed by atoms with E-state index in [2.05, 4.69) is 0 Å². The zero-order valence-corrected chi connectivity index (χ0v) is 17.4. The van der Waals surface area contributed by atoms with Gasteiger partial charge in [-0.1, -0.05) is 26.0 Å². The van der Waals surface area contributed by atoms with Gasteiger partial charge < -0.3 is 25.5 Å². The van der Waals surface area contributed by atoms with Crippen molar-refractivity contribution >= 4 is 23.9 Å². The lowest BCUT2D eigenvalue weighted by Gasteiger charge is -2.24. The highest BCUT2D eigenvalue weighted by molar-refractivity contribution is 5.73. The predicted molar refractivity (Wildman–Crippen MR) is 108 cm³/mol. The molecule has 0 atom stereocenters. The second-order valence-corrected chi connectivity index (χ2v) is 7.48. The predicted octanol–water partition coefficient (Wildman–Crippen LogP) is 0.501. The Hall–Kier alpha value is -3.18. The van der Waals surface area contributed by atoms with Crippen molar-refractivity contribution in [2.75, 3.05) is 32.7 Å². The number of hydrogen-bond acceptors (Lipinski definition) is 7. The molecule has 11 nitrogen and oxygen atoms in total. The molecule has 0 fully saturated rings. The van der Waals surface area contributed by atoms with Gasteiger partial charge in [-0.25, -0.2) is 0 Å². The fourth-order valence-electron chi connectivity index (χ4n) is 3.22. The Kier molecular flexibility index (Phi) is 9.90. The van der Waals surface area contributed by atoms with Gasteiger partial charge in [0.1, 0.15) is 5.75 Å². The zero-order chi connectivity index (χ0) is 23.7. The standard InChI is InChI=1S/C20H28N2O9/c1-12(2)14-4-3-13(5-6-21(8-16(23)24)9-17(25)26)15(20(14)31)7-22(10-18(27)28)11-19(29)30/h3-4,12,31H,5-11H2,1-2H3,(H,23,24)(H,25,26)(H,27,28)(H,29,30). The minimum absolute atomic E-state index is 0.0595. The van der Waals surface area contributed by atoms with Crippen molar-refractivity contribution in [3.05, 3.63) is 28.8 Å². The van der Waals surface area contributed by atoms with Crippen LogP contribution in [0.5, 0.6) is 5.75 Å². The maximum atomic E-state index is 11.1. The fourth-order valence-corrected chi connectivity index (χ4v) is 3.22. The van der Waals surface area contributed by atoms with E-state index in [9.17, 15) is 24.3 Å². The number of nitrogens with zero attached hydrogens (tertiary/aromatic N) is 2. The van der Waals surface area contributed by atoms with Crippen molar-refractivity contribution in [2.24, 2.45) is 0 Å². The van der Waals surface area contributed by atoms with Crippen LogP contribution in [0.1, 0.15) is 36.5 Å². The Morgan fingerprint density at radius 1 is 0.806 bits per heavy atom. The molecule has 31 heavy (non-hydrogen) atoms. The summed E-state index contributed by atoms with van der Waals surface area (Å²) in [6.07, 6.45) is 0.176. The molecular formula is C20H28N2O9. The molecule has 0 unspecified atom stereocenters. The molecule has 0 aliphatic heterocycles. The molecule has 0 aliphatic rings. The molecular weight excluding hydrogens is 412 g/mol. The van der Waals surface area contributed by atoms with Gasteiger partial charge in [0.05, 0.1) is 26.2 Å². The van der Waals surface area contributed by atoms with Gasteiger partial charge in [-0.05, 0) is 23.5 Å². The van der Waals surface area contributed by atoms with Gasteiger partial charge in [0.25, 0.3) is 0 Å². The van der Waals surface area contributed by atoms with E-state index in [1.807, 2.05) is 13.8 Å². The monoisotopic (exact) mass is 440 g/mol. The van der Waals surface area contributed by atoms with Crippen molar-refractivity contribution < 1.29 is 44.7 Å². The summed E-state index contributed by atoms with van der Waals surface area (Å²) in [5.74, 6) is -4.97. The molecule has 0 saturated heterocycles. The number of aliphatic carboxylic acids is 4. The number of carbonyl (C=O) groups is 4. The van der Waals surface area contributed by atoms with E-state index in [0.717, 1.165) is 4.90 Å². The van der Waals surface area contributed by atoms with Gasteiger partial charge in [0.2, 0.25) is 0 Å². The highest BCUT2D eigenvalue weighted by atomic mass is 16.4. The molecule has 172 valence electrons. The highest BCUT2D eigenvalue weighted by Gasteiger charge is 2.21. The summed E-state index contributed by atoms with van der Waals surface area (Å²) in [4.78, 5) is 46.6. The Morgan fingerprint density at radius 3 is 1.68 bits per heavy atom. The average Bonchev–Trinajstić information content (AvgIpc) is 2.59. The van der Waals surface area contributed by atoms with Crippen molar-refractivity contribution in [1.29, 1.82) is 0 Å². The van der Waals surface area contributed by atoms with E-state index in [1.54, 1.807) is 12.1 Å². The number of carboxylic acids is 4. The highest BCUT2D eigenvalue weighted by Crippen LogP contribution is 2.32. The molecule has 11 heteroatoms. The van der Waals surface area contributed by atoms with E-state index >= 15 is 0 Å². The second kappa shape index (κ2) is 11.9. The first-order chi connectivity index (χ1) is 14.4. The normalized spacial score (nSPS) is 11.3. The first kappa shape index (κ1) is 25.9. The molecule has 0 radical (unpaired) electrons. The third-order valence-corrected chi connectivity index (χ3v) is 4.55. The van der Waals surface area contributed by atoms with Gasteiger partial charge in [0.15, 0.2) is 0 Å². The molecule has 0 saturated carbocycles. The van der Waals surface area contributed by atoms with Gasteiger partial charge in [-0.3, -0.25) is 29.0 Å². The topological polar surface area (TPSA) is 176 Å². The third kappa shape index (κ3) is 9.01. The number of rotatable bonds is 14. The van der Waals surface area contributed by atoms with Gasteiger partial charge in [-0.15, -0.1) is 0 Å². The molecule has 0 aromatic heterocycles. The summed E-state index contributed by atoms with van der Waals surface area (Å²) in [5, 5.41) is 46.9. The van der Waals surface area contributed by atoms with E-state index in [0.29, 0.717) is 16.7 Å². The van der Waals surface area contributed by atoms with Crippen LogP contribution in [0.2, 0.25) is 0 Å². The lowest BCUT2D eigenvalue weighted by Crippen LogP contribution is -2.36. The zero-order valence-electron chi connectivity index (χ0n) is 17.4. The largest absolute Gasteiger partial charge is 0.507 e. The number of carboxylic acid groups (broad SMARTS) is 4. The Labute approximate surface area is 179 Å². The summed E-state index contributed by atoms with van der Waals surface area (Å²) < 4.78 is 0. The smallest absolute Gasteiger partial charge is 0.317 e. The van der Waals surface area contributed by atoms with Crippen LogP contribution in [0, 0.1) is 0 Å². The Morgan fingerprint density at radius 2 is 1.26 bits per heavy atom. The second-order valence-electron chi connectivity index (χ2n) is 7.48. The van der Waals surface area contributed by atoms with Crippen LogP contribution in [0.4, 0.5) is 0 Å².